The molecule has 0 atom stereocenters. The molecule has 2 aromatic carbocycles. The summed E-state index contributed by atoms with van der Waals surface area (Å²) in [7, 11) is -3.37. The van der Waals surface area contributed by atoms with Gasteiger partial charge in [0.2, 0.25) is 15.8 Å². The van der Waals surface area contributed by atoms with Crippen molar-refractivity contribution in [3.05, 3.63) is 82.0 Å². The summed E-state index contributed by atoms with van der Waals surface area (Å²) in [5.74, 6) is -0.572. The van der Waals surface area contributed by atoms with Crippen molar-refractivity contribution >= 4 is 44.4 Å². The molecule has 2 N–H and O–H groups in total. The van der Waals surface area contributed by atoms with Gasteiger partial charge in [0.1, 0.15) is 0 Å². The summed E-state index contributed by atoms with van der Waals surface area (Å²) in [6.45, 7) is 1.79. The van der Waals surface area contributed by atoms with Gasteiger partial charge in [0.15, 0.2) is 0 Å². The van der Waals surface area contributed by atoms with Crippen LogP contribution in [0.5, 0.6) is 0 Å². The number of hydrogen-bond donors (Lipinski definition) is 2. The predicted octanol–water partition coefficient (Wildman–Crippen LogP) is 4.38. The maximum Gasteiger partial charge on any atom is 0.256 e. The summed E-state index contributed by atoms with van der Waals surface area (Å²) in [5.41, 5.74) is 1.52. The molecule has 0 aliphatic heterocycles. The fourth-order valence-electron chi connectivity index (χ4n) is 2.74. The topological polar surface area (TPSA) is 92.3 Å². The molecule has 3 rings (SSSR count). The van der Waals surface area contributed by atoms with E-state index in [1.54, 1.807) is 67.6 Å². The van der Waals surface area contributed by atoms with E-state index in [2.05, 4.69) is 10.0 Å². The molecule has 150 valence electrons. The number of amides is 1. The molecule has 29 heavy (non-hydrogen) atoms. The van der Waals surface area contributed by atoms with Crippen LogP contribution in [0, 0.1) is 0 Å². The Balaban J connectivity index is 1.75. The van der Waals surface area contributed by atoms with Gasteiger partial charge in [-0.3, -0.25) is 14.3 Å². The second kappa shape index (κ2) is 9.02. The van der Waals surface area contributed by atoms with Gasteiger partial charge in [0.25, 0.3) is 5.91 Å². The number of carbonyl (C=O) groups excluding carboxylic acids is 2. The van der Waals surface area contributed by atoms with Crippen molar-refractivity contribution in [2.75, 3.05) is 15.8 Å². The van der Waals surface area contributed by atoms with Crippen LogP contribution in [0.4, 0.5) is 11.4 Å². The predicted molar refractivity (Wildman–Crippen MR) is 116 cm³/mol. The first-order valence-electron chi connectivity index (χ1n) is 8.99. The van der Waals surface area contributed by atoms with E-state index in [0.29, 0.717) is 28.2 Å². The van der Waals surface area contributed by atoms with Gasteiger partial charge >= 0.3 is 0 Å². The van der Waals surface area contributed by atoms with Gasteiger partial charge in [-0.15, -0.1) is 11.3 Å². The van der Waals surface area contributed by atoms with Crippen LogP contribution in [0.2, 0.25) is 0 Å². The van der Waals surface area contributed by atoms with Gasteiger partial charge in [-0.1, -0.05) is 31.2 Å². The number of nitrogens with one attached hydrogen (secondary N) is 2. The van der Waals surface area contributed by atoms with Crippen LogP contribution in [-0.4, -0.2) is 25.9 Å². The molecule has 0 aliphatic rings. The Bertz CT molecular complexity index is 1110. The van der Waals surface area contributed by atoms with Gasteiger partial charge in [-0.2, -0.15) is 0 Å². The Morgan fingerprint density at radius 2 is 1.55 bits per heavy atom. The summed E-state index contributed by atoms with van der Waals surface area (Å²) >= 11 is 1.32. The minimum atomic E-state index is -3.37. The van der Waals surface area contributed by atoms with E-state index in [4.69, 9.17) is 0 Å². The lowest BCUT2D eigenvalue weighted by Crippen LogP contribution is -2.17. The summed E-state index contributed by atoms with van der Waals surface area (Å²) < 4.78 is 26.2. The standard InChI is InChI=1S/C21H20N2O4S2/c1-2-14-29(26,27)23-16-11-9-15(10-12-16)22-21(25)18-7-4-3-6-17(18)20(24)19-8-5-13-28-19/h3-13,23H,2,14H2,1H3,(H,22,25). The molecule has 0 unspecified atom stereocenters. The molecule has 8 heteroatoms. The number of sulfonamides is 1. The van der Waals surface area contributed by atoms with Crippen LogP contribution in [0.25, 0.3) is 0 Å². The van der Waals surface area contributed by atoms with Crippen LogP contribution < -0.4 is 10.0 Å². The number of benzene rings is 2. The summed E-state index contributed by atoms with van der Waals surface area (Å²) in [4.78, 5) is 26.0. The largest absolute Gasteiger partial charge is 0.322 e. The third kappa shape index (κ3) is 5.30. The van der Waals surface area contributed by atoms with Crippen molar-refractivity contribution in [1.82, 2.24) is 0 Å². The maximum absolute atomic E-state index is 12.7. The molecule has 0 saturated carbocycles. The van der Waals surface area contributed by atoms with Gasteiger partial charge in [-0.05, 0) is 48.2 Å². The molecular weight excluding hydrogens is 408 g/mol. The van der Waals surface area contributed by atoms with E-state index in [9.17, 15) is 18.0 Å². The van der Waals surface area contributed by atoms with Crippen molar-refractivity contribution in [2.24, 2.45) is 0 Å². The Labute approximate surface area is 173 Å². The number of ketones is 1. The molecule has 1 heterocycles. The second-order valence-electron chi connectivity index (χ2n) is 6.30. The quantitative estimate of drug-likeness (QED) is 0.521. The normalized spacial score (nSPS) is 11.1. The molecule has 6 nitrogen and oxygen atoms in total. The van der Waals surface area contributed by atoms with E-state index < -0.39 is 15.9 Å². The Kier molecular flexibility index (Phi) is 6.46. The zero-order chi connectivity index (χ0) is 20.9. The molecule has 3 aromatic rings. The minimum Gasteiger partial charge on any atom is -0.322 e. The van der Waals surface area contributed by atoms with Gasteiger partial charge < -0.3 is 5.32 Å². The molecule has 0 radical (unpaired) electrons. The van der Waals surface area contributed by atoms with Crippen LogP contribution in [0.3, 0.4) is 0 Å². The highest BCUT2D eigenvalue weighted by atomic mass is 32.2. The van der Waals surface area contributed by atoms with E-state index in [-0.39, 0.29) is 17.1 Å². The fourth-order valence-corrected chi connectivity index (χ4v) is 4.55. The van der Waals surface area contributed by atoms with Crippen LogP contribution in [-0.2, 0) is 10.0 Å². The lowest BCUT2D eigenvalue weighted by atomic mass is 10.0. The highest BCUT2D eigenvalue weighted by Gasteiger charge is 2.19. The molecule has 0 saturated heterocycles. The first kappa shape index (κ1) is 20.8. The van der Waals surface area contributed by atoms with Crippen molar-refractivity contribution in [2.45, 2.75) is 13.3 Å². The summed E-state index contributed by atoms with van der Waals surface area (Å²) in [6, 6.07) is 16.5. The van der Waals surface area contributed by atoms with Crippen LogP contribution in [0.1, 0.15) is 38.9 Å². The van der Waals surface area contributed by atoms with Gasteiger partial charge in [0.05, 0.1) is 16.2 Å². The lowest BCUT2D eigenvalue weighted by Gasteiger charge is -2.11. The fraction of sp³-hybridized carbons (Fsp3) is 0.143. The Hall–Kier alpha value is -2.97. The third-order valence-electron chi connectivity index (χ3n) is 4.05. The van der Waals surface area contributed by atoms with Crippen molar-refractivity contribution < 1.29 is 18.0 Å². The van der Waals surface area contributed by atoms with E-state index in [1.165, 1.54) is 11.3 Å². The molecule has 0 spiro atoms. The number of hydrogen-bond acceptors (Lipinski definition) is 5. The van der Waals surface area contributed by atoms with Crippen LogP contribution >= 0.6 is 11.3 Å². The highest BCUT2D eigenvalue weighted by molar-refractivity contribution is 7.92. The summed E-state index contributed by atoms with van der Waals surface area (Å²) in [5, 5.41) is 4.56. The molecule has 1 aromatic heterocycles. The van der Waals surface area contributed by atoms with E-state index >= 15 is 0 Å². The second-order valence-corrected chi connectivity index (χ2v) is 9.09. The van der Waals surface area contributed by atoms with E-state index in [1.807, 2.05) is 5.38 Å². The Morgan fingerprint density at radius 3 is 2.17 bits per heavy atom. The van der Waals surface area contributed by atoms with Crippen molar-refractivity contribution in [1.29, 1.82) is 0 Å². The molecule has 1 amide bonds. The number of rotatable bonds is 8. The Morgan fingerprint density at radius 1 is 0.897 bits per heavy atom. The smallest absolute Gasteiger partial charge is 0.256 e. The molecular formula is C21H20N2O4S2. The number of thiophene rings is 1. The van der Waals surface area contributed by atoms with E-state index in [0.717, 1.165) is 0 Å². The SMILES string of the molecule is CCCS(=O)(=O)Nc1ccc(NC(=O)c2ccccc2C(=O)c2cccs2)cc1. The maximum atomic E-state index is 12.7. The summed E-state index contributed by atoms with van der Waals surface area (Å²) in [6.07, 6.45) is 0.521. The zero-order valence-electron chi connectivity index (χ0n) is 15.7. The van der Waals surface area contributed by atoms with Gasteiger partial charge in [0, 0.05) is 16.9 Å². The molecule has 0 aliphatic carbocycles. The lowest BCUT2D eigenvalue weighted by molar-refractivity contribution is 0.0998. The highest BCUT2D eigenvalue weighted by Crippen LogP contribution is 2.20. The van der Waals surface area contributed by atoms with Gasteiger partial charge in [-0.25, -0.2) is 8.42 Å². The minimum absolute atomic E-state index is 0.0422. The molecule has 0 fully saturated rings. The van der Waals surface area contributed by atoms with Crippen molar-refractivity contribution in [3.63, 3.8) is 0 Å². The number of anilines is 2. The first-order valence-corrected chi connectivity index (χ1v) is 11.5. The third-order valence-corrected chi connectivity index (χ3v) is 6.41. The first-order chi connectivity index (χ1) is 13.9. The van der Waals surface area contributed by atoms with Crippen LogP contribution in [0.15, 0.2) is 66.0 Å². The monoisotopic (exact) mass is 428 g/mol. The number of carbonyl (C=O) groups is 2. The average Bonchev–Trinajstić information content (AvgIpc) is 3.23. The van der Waals surface area contributed by atoms with Crippen molar-refractivity contribution in [3.8, 4) is 0 Å². The molecule has 0 bridgehead atoms. The zero-order valence-corrected chi connectivity index (χ0v) is 17.3. The average molecular weight is 429 g/mol.